The number of benzene rings is 1. The van der Waals surface area contributed by atoms with Gasteiger partial charge < -0.3 is 14.9 Å². The van der Waals surface area contributed by atoms with Crippen LogP contribution in [0.2, 0.25) is 5.02 Å². The molecule has 18 heavy (non-hydrogen) atoms. The third-order valence-electron chi connectivity index (χ3n) is 2.99. The lowest BCUT2D eigenvalue weighted by molar-refractivity contribution is 0.142. The maximum atomic E-state index is 10.8. The van der Waals surface area contributed by atoms with Gasteiger partial charge in [0.1, 0.15) is 6.07 Å². The van der Waals surface area contributed by atoms with Crippen LogP contribution in [0.4, 0.5) is 10.5 Å². The summed E-state index contributed by atoms with van der Waals surface area (Å²) in [5, 5.41) is 18.4. The molecule has 5 nitrogen and oxygen atoms in total. The third kappa shape index (κ3) is 2.34. The molecule has 0 spiro atoms. The quantitative estimate of drug-likeness (QED) is 0.843. The van der Waals surface area contributed by atoms with Gasteiger partial charge in [-0.05, 0) is 12.1 Å². The number of amides is 1. The van der Waals surface area contributed by atoms with Crippen LogP contribution in [0.1, 0.15) is 5.56 Å². The van der Waals surface area contributed by atoms with Crippen LogP contribution in [0, 0.1) is 11.3 Å². The van der Waals surface area contributed by atoms with Crippen LogP contribution in [0.5, 0.6) is 0 Å². The van der Waals surface area contributed by atoms with Crippen molar-refractivity contribution >= 4 is 23.4 Å². The highest BCUT2D eigenvalue weighted by Gasteiger charge is 2.22. The molecule has 1 saturated heterocycles. The Balaban J connectivity index is 2.18. The summed E-state index contributed by atoms with van der Waals surface area (Å²) in [4.78, 5) is 14.2. The molecule has 1 aromatic carbocycles. The monoisotopic (exact) mass is 265 g/mol. The number of piperazine rings is 1. The van der Waals surface area contributed by atoms with Crippen molar-refractivity contribution < 1.29 is 9.90 Å². The molecule has 0 atom stereocenters. The number of hydrogen-bond donors (Lipinski definition) is 1. The van der Waals surface area contributed by atoms with E-state index in [1.54, 1.807) is 12.1 Å². The molecule has 1 heterocycles. The highest BCUT2D eigenvalue weighted by Crippen LogP contribution is 2.27. The van der Waals surface area contributed by atoms with E-state index in [9.17, 15) is 4.79 Å². The van der Waals surface area contributed by atoms with E-state index in [2.05, 4.69) is 6.07 Å². The van der Waals surface area contributed by atoms with E-state index in [1.807, 2.05) is 11.0 Å². The van der Waals surface area contributed by atoms with Gasteiger partial charge in [-0.2, -0.15) is 5.26 Å². The average molecular weight is 266 g/mol. The molecule has 1 amide bonds. The summed E-state index contributed by atoms with van der Waals surface area (Å²) < 4.78 is 0. The molecule has 2 rings (SSSR count). The van der Waals surface area contributed by atoms with E-state index in [4.69, 9.17) is 22.0 Å². The Morgan fingerprint density at radius 1 is 1.33 bits per heavy atom. The largest absolute Gasteiger partial charge is 0.465 e. The molecule has 1 aliphatic rings. The molecule has 0 bridgehead atoms. The Kier molecular flexibility index (Phi) is 3.58. The molecule has 0 radical (unpaired) electrons. The van der Waals surface area contributed by atoms with E-state index in [-0.39, 0.29) is 0 Å². The Labute approximate surface area is 110 Å². The Hall–Kier alpha value is -1.93. The highest BCUT2D eigenvalue weighted by atomic mass is 35.5. The molecule has 0 aromatic heterocycles. The van der Waals surface area contributed by atoms with Gasteiger partial charge in [-0.1, -0.05) is 17.7 Å². The lowest BCUT2D eigenvalue weighted by Crippen LogP contribution is -2.48. The lowest BCUT2D eigenvalue weighted by Gasteiger charge is -2.35. The molecular formula is C12H12ClN3O2. The minimum atomic E-state index is -0.902. The number of rotatable bonds is 1. The summed E-state index contributed by atoms with van der Waals surface area (Å²) in [5.74, 6) is 0. The zero-order valence-corrected chi connectivity index (χ0v) is 10.4. The first-order chi connectivity index (χ1) is 8.63. The van der Waals surface area contributed by atoms with Crippen molar-refractivity contribution in [1.82, 2.24) is 4.90 Å². The standard InChI is InChI=1S/C12H12ClN3O2/c13-10-2-1-3-11(9(10)8-14)15-4-6-16(7-5-15)12(17)18/h1-3H,4-7H2,(H,17,18). The van der Waals surface area contributed by atoms with Crippen LogP contribution in [-0.4, -0.2) is 42.3 Å². The van der Waals surface area contributed by atoms with Crippen LogP contribution in [0.3, 0.4) is 0 Å². The van der Waals surface area contributed by atoms with Gasteiger partial charge in [-0.15, -0.1) is 0 Å². The van der Waals surface area contributed by atoms with Crippen molar-refractivity contribution in [3.8, 4) is 6.07 Å². The second-order valence-corrected chi connectivity index (χ2v) is 4.41. The van der Waals surface area contributed by atoms with Crippen molar-refractivity contribution in [2.45, 2.75) is 0 Å². The number of carbonyl (C=O) groups is 1. The highest BCUT2D eigenvalue weighted by molar-refractivity contribution is 6.32. The molecule has 94 valence electrons. The summed E-state index contributed by atoms with van der Waals surface area (Å²) in [6.07, 6.45) is -0.902. The van der Waals surface area contributed by atoms with Gasteiger partial charge in [0, 0.05) is 26.2 Å². The summed E-state index contributed by atoms with van der Waals surface area (Å²) in [6, 6.07) is 7.40. The molecule has 1 fully saturated rings. The van der Waals surface area contributed by atoms with Crippen LogP contribution >= 0.6 is 11.6 Å². The fourth-order valence-electron chi connectivity index (χ4n) is 2.03. The number of nitriles is 1. The van der Waals surface area contributed by atoms with Crippen molar-refractivity contribution in [2.75, 3.05) is 31.1 Å². The number of anilines is 1. The Bertz CT molecular complexity index is 505. The van der Waals surface area contributed by atoms with E-state index >= 15 is 0 Å². The Morgan fingerprint density at radius 3 is 2.56 bits per heavy atom. The third-order valence-corrected chi connectivity index (χ3v) is 3.31. The predicted molar refractivity (Wildman–Crippen MR) is 68.0 cm³/mol. The summed E-state index contributed by atoms with van der Waals surface area (Å²) in [5.41, 5.74) is 1.22. The topological polar surface area (TPSA) is 67.6 Å². The van der Waals surface area contributed by atoms with Gasteiger partial charge in [0.2, 0.25) is 0 Å². The Morgan fingerprint density at radius 2 is 2.00 bits per heavy atom. The second-order valence-electron chi connectivity index (χ2n) is 4.00. The van der Waals surface area contributed by atoms with Crippen molar-refractivity contribution in [3.63, 3.8) is 0 Å². The van der Waals surface area contributed by atoms with Crippen molar-refractivity contribution in [3.05, 3.63) is 28.8 Å². The van der Waals surface area contributed by atoms with Crippen molar-refractivity contribution in [1.29, 1.82) is 5.26 Å². The minimum absolute atomic E-state index is 0.427. The minimum Gasteiger partial charge on any atom is -0.465 e. The summed E-state index contributed by atoms with van der Waals surface area (Å²) >= 11 is 5.97. The second kappa shape index (κ2) is 5.15. The molecule has 0 unspecified atom stereocenters. The van der Waals surface area contributed by atoms with Crippen LogP contribution in [0.25, 0.3) is 0 Å². The molecular weight excluding hydrogens is 254 g/mol. The molecule has 0 saturated carbocycles. The number of hydrogen-bond acceptors (Lipinski definition) is 3. The first-order valence-electron chi connectivity index (χ1n) is 5.55. The fourth-order valence-corrected chi connectivity index (χ4v) is 2.24. The number of carboxylic acid groups (broad SMARTS) is 1. The van der Waals surface area contributed by atoms with Gasteiger partial charge in [-0.25, -0.2) is 4.79 Å². The number of halogens is 1. The summed E-state index contributed by atoms with van der Waals surface area (Å²) in [7, 11) is 0. The van der Waals surface area contributed by atoms with Gasteiger partial charge in [0.15, 0.2) is 0 Å². The van der Waals surface area contributed by atoms with Crippen LogP contribution in [0.15, 0.2) is 18.2 Å². The van der Waals surface area contributed by atoms with E-state index < -0.39 is 6.09 Å². The zero-order valence-electron chi connectivity index (χ0n) is 9.64. The first-order valence-corrected chi connectivity index (χ1v) is 5.92. The first kappa shape index (κ1) is 12.5. The van der Waals surface area contributed by atoms with Gasteiger partial charge >= 0.3 is 6.09 Å². The molecule has 1 N–H and O–H groups in total. The summed E-state index contributed by atoms with van der Waals surface area (Å²) in [6.45, 7) is 2.02. The van der Waals surface area contributed by atoms with Gasteiger partial charge in [0.05, 0.1) is 16.3 Å². The fraction of sp³-hybridized carbons (Fsp3) is 0.333. The SMILES string of the molecule is N#Cc1c(Cl)cccc1N1CCN(C(=O)O)CC1. The smallest absolute Gasteiger partial charge is 0.407 e. The lowest BCUT2D eigenvalue weighted by atomic mass is 10.1. The zero-order chi connectivity index (χ0) is 13.1. The maximum Gasteiger partial charge on any atom is 0.407 e. The average Bonchev–Trinajstić information content (AvgIpc) is 2.38. The van der Waals surface area contributed by atoms with Crippen LogP contribution < -0.4 is 4.90 Å². The van der Waals surface area contributed by atoms with Gasteiger partial charge in [-0.3, -0.25) is 0 Å². The molecule has 1 aliphatic heterocycles. The number of nitrogens with zero attached hydrogens (tertiary/aromatic N) is 3. The van der Waals surface area contributed by atoms with E-state index in [0.29, 0.717) is 36.8 Å². The predicted octanol–water partition coefficient (Wildman–Crippen LogP) is 2.01. The molecule has 1 aromatic rings. The normalized spacial score (nSPS) is 15.3. The molecule has 0 aliphatic carbocycles. The van der Waals surface area contributed by atoms with E-state index in [1.165, 1.54) is 4.90 Å². The molecule has 6 heteroatoms. The van der Waals surface area contributed by atoms with Crippen molar-refractivity contribution in [2.24, 2.45) is 0 Å². The maximum absolute atomic E-state index is 10.8. The van der Waals surface area contributed by atoms with Gasteiger partial charge in [0.25, 0.3) is 0 Å². The van der Waals surface area contributed by atoms with E-state index in [0.717, 1.165) is 5.69 Å². The van der Waals surface area contributed by atoms with Crippen LogP contribution in [-0.2, 0) is 0 Å².